The molecule has 0 saturated carbocycles. The first-order chi connectivity index (χ1) is 55.9. The number of fused-ring (bicyclic) bond motifs is 21. The molecule has 0 fully saturated rings. The van der Waals surface area contributed by atoms with Crippen LogP contribution in [0.5, 0.6) is 0 Å². The Morgan fingerprint density at radius 3 is 1.37 bits per heavy atom. The van der Waals surface area contributed by atoms with Crippen molar-refractivity contribution in [3.8, 4) is 107 Å². The van der Waals surface area contributed by atoms with Gasteiger partial charge >= 0.3 is 0 Å². The van der Waals surface area contributed by atoms with Crippen LogP contribution in [0.3, 0.4) is 0 Å². The van der Waals surface area contributed by atoms with Crippen LogP contribution in [-0.4, -0.2) is 34.5 Å². The highest BCUT2D eigenvalue weighted by molar-refractivity contribution is 7.27. The van der Waals surface area contributed by atoms with Gasteiger partial charge in [-0.15, -0.1) is 34.0 Å². The third kappa shape index (κ3) is 10.3. The molecule has 0 atom stereocenters. The average molecular weight is 1490 g/mol. The molecule has 16 aromatic carbocycles. The Bertz CT molecular complexity index is 7980. The molecule has 23 aromatic rings. The van der Waals surface area contributed by atoms with Crippen LogP contribution in [0.15, 0.2) is 332 Å². The van der Waals surface area contributed by atoms with Crippen LogP contribution in [0, 0.1) is 0 Å². The molecule has 0 bridgehead atoms. The standard InChI is InChI=1S/C102H59N7OS3/c1-2-18-59(19-3-1)97-103-98(106-101(104-97)82-30-17-34-89-95(82)81-28-11-14-33-88(81)110-89)64-41-49-77-76-48-40-63(55-92(76)112-93(77)56-64)61-43-51-87-85(53-61)73-25-10-13-32-86(73)109(87)66-44-36-58(37-45-66)67-20-4-9-27-80(67)100-105-99(107-102(108-100)83-31-16-29-79-74-26-12-15-35-90(74)113-96(79)83)65-42-50-78-75-47-39-62(54-91(75)111-94(78)57-65)60-38-46-72-70-23-6-5-21-68(70)69-22-7-8-24-71(69)84(72)52-60/h1-10,12-27,29-57H,11,28H2. The molecule has 1 aliphatic carbocycles. The zero-order valence-corrected chi connectivity index (χ0v) is 62.9. The van der Waals surface area contributed by atoms with Gasteiger partial charge in [0.05, 0.1) is 11.0 Å². The third-order valence-corrected chi connectivity index (χ3v) is 26.5. The summed E-state index contributed by atoms with van der Waals surface area (Å²) in [7, 11) is 0. The van der Waals surface area contributed by atoms with Crippen molar-refractivity contribution in [1.82, 2.24) is 34.5 Å². The number of thiophene rings is 3. The molecule has 8 nitrogen and oxygen atoms in total. The molecular formula is C102H59N7OS3. The van der Waals surface area contributed by atoms with E-state index in [9.17, 15) is 0 Å². The second-order valence-corrected chi connectivity index (χ2v) is 32.6. The number of hydrogen-bond acceptors (Lipinski definition) is 10. The summed E-state index contributed by atoms with van der Waals surface area (Å²) in [5.41, 5.74) is 17.8. The maximum atomic E-state index is 6.38. The number of nitrogens with zero attached hydrogens (tertiary/aromatic N) is 7. The minimum Gasteiger partial charge on any atom is -0.456 e. The molecule has 0 amide bonds. The van der Waals surface area contributed by atoms with E-state index in [4.69, 9.17) is 34.3 Å². The fraction of sp³-hybridized carbons (Fsp3) is 0.0196. The van der Waals surface area contributed by atoms with E-state index in [2.05, 4.69) is 308 Å². The third-order valence-electron chi connectivity index (χ3n) is 23.0. The quantitative estimate of drug-likeness (QED) is 0.126. The largest absolute Gasteiger partial charge is 0.456 e. The van der Waals surface area contributed by atoms with Crippen LogP contribution in [0.25, 0.3) is 239 Å². The Balaban J connectivity index is 0.567. The van der Waals surface area contributed by atoms with Gasteiger partial charge in [-0.3, -0.25) is 0 Å². The van der Waals surface area contributed by atoms with Crippen LogP contribution in [-0.2, 0) is 6.42 Å². The van der Waals surface area contributed by atoms with E-state index in [1.807, 2.05) is 41.7 Å². The topological polar surface area (TPSA) is 95.4 Å². The van der Waals surface area contributed by atoms with Crippen molar-refractivity contribution in [3.05, 3.63) is 339 Å². The Kier molecular flexibility index (Phi) is 14.3. The molecule has 113 heavy (non-hydrogen) atoms. The van der Waals surface area contributed by atoms with Gasteiger partial charge in [0, 0.05) is 121 Å². The maximum Gasteiger partial charge on any atom is 0.165 e. The van der Waals surface area contributed by atoms with Crippen molar-refractivity contribution in [3.63, 3.8) is 0 Å². The van der Waals surface area contributed by atoms with Gasteiger partial charge in [-0.2, -0.15) is 0 Å². The number of furan rings is 1. The average Bonchev–Trinajstić information content (AvgIpc) is 1.34. The van der Waals surface area contributed by atoms with E-state index in [0.717, 1.165) is 107 Å². The molecular weight excluding hydrogens is 1440 g/mol. The van der Waals surface area contributed by atoms with E-state index in [-0.39, 0.29) is 0 Å². The van der Waals surface area contributed by atoms with E-state index < -0.39 is 0 Å². The number of aromatic nitrogens is 7. The summed E-state index contributed by atoms with van der Waals surface area (Å²) >= 11 is 5.41. The summed E-state index contributed by atoms with van der Waals surface area (Å²) in [6, 6.07) is 117. The molecule has 0 N–H and O–H groups in total. The van der Waals surface area contributed by atoms with Gasteiger partial charge in [0.25, 0.3) is 0 Å². The molecule has 526 valence electrons. The molecule has 0 saturated heterocycles. The Morgan fingerprint density at radius 1 is 0.265 bits per heavy atom. The molecule has 7 aromatic heterocycles. The van der Waals surface area contributed by atoms with E-state index in [1.54, 1.807) is 22.7 Å². The zero-order chi connectivity index (χ0) is 73.9. The van der Waals surface area contributed by atoms with Crippen molar-refractivity contribution in [1.29, 1.82) is 0 Å². The van der Waals surface area contributed by atoms with Gasteiger partial charge in [-0.25, -0.2) is 29.9 Å². The summed E-state index contributed by atoms with van der Waals surface area (Å²) < 4.78 is 15.9. The van der Waals surface area contributed by atoms with E-state index >= 15 is 0 Å². The fourth-order valence-electron chi connectivity index (χ4n) is 17.7. The van der Waals surface area contributed by atoms with Crippen molar-refractivity contribution in [2.45, 2.75) is 12.8 Å². The summed E-state index contributed by atoms with van der Waals surface area (Å²) in [6.07, 6.45) is 6.14. The smallest absolute Gasteiger partial charge is 0.165 e. The summed E-state index contributed by atoms with van der Waals surface area (Å²) in [5, 5.41) is 18.4. The van der Waals surface area contributed by atoms with Crippen LogP contribution in [0.1, 0.15) is 17.7 Å². The normalized spacial score (nSPS) is 12.5. The summed E-state index contributed by atoms with van der Waals surface area (Å²) in [4.78, 5) is 32.0. The van der Waals surface area contributed by atoms with E-state index in [0.29, 0.717) is 34.9 Å². The molecule has 1 aliphatic rings. The van der Waals surface area contributed by atoms with Crippen LogP contribution >= 0.6 is 34.0 Å². The summed E-state index contributed by atoms with van der Waals surface area (Å²) in [6.45, 7) is 0. The Hall–Kier alpha value is -13.9. The number of aryl methyl sites for hydroxylation is 1. The Morgan fingerprint density at radius 2 is 0.699 bits per heavy atom. The predicted octanol–water partition coefficient (Wildman–Crippen LogP) is 28.4. The SMILES string of the molecule is C1=Cc2oc3cccc(-c4nc(-c5ccccc5)nc(-c5ccc6c(c5)sc5cc(-c7ccc8c(c7)c7ccccc7n8-c7ccc(-c8ccccc8-c8nc(-c9ccc%10c(c9)sc9cc(-c%11ccc%12c%13ccccc%13c%13ccccc%13c%12c%11)ccc9%10)nc(-c9cccc%10c9sc9ccccc9%10)n8)cc7)ccc56)n4)c3c2CC1. The number of benzene rings is 16. The van der Waals surface area contributed by atoms with Gasteiger partial charge < -0.3 is 8.98 Å². The number of para-hydroxylation sites is 1. The maximum absolute atomic E-state index is 6.38. The molecule has 7 heterocycles. The molecule has 0 radical (unpaired) electrons. The lowest BCUT2D eigenvalue weighted by atomic mass is 9.92. The van der Waals surface area contributed by atoms with Crippen LogP contribution in [0.2, 0.25) is 0 Å². The fourth-order valence-corrected chi connectivity index (χ4v) is 21.2. The summed E-state index contributed by atoms with van der Waals surface area (Å²) in [5.74, 6) is 4.67. The molecule has 0 aliphatic heterocycles. The van der Waals surface area contributed by atoms with E-state index in [1.165, 1.54) is 116 Å². The predicted molar refractivity (Wildman–Crippen MR) is 475 cm³/mol. The zero-order valence-electron chi connectivity index (χ0n) is 60.4. The van der Waals surface area contributed by atoms with Crippen LogP contribution < -0.4 is 0 Å². The number of rotatable bonds is 10. The lowest BCUT2D eigenvalue weighted by Crippen LogP contribution is -2.01. The highest BCUT2D eigenvalue weighted by Gasteiger charge is 2.25. The van der Waals surface area contributed by atoms with Crippen molar-refractivity contribution in [2.24, 2.45) is 0 Å². The molecule has 11 heteroatoms. The van der Waals surface area contributed by atoms with Gasteiger partial charge in [-0.05, 0) is 163 Å². The van der Waals surface area contributed by atoms with Crippen molar-refractivity contribution < 1.29 is 4.42 Å². The van der Waals surface area contributed by atoms with Crippen LogP contribution in [0.4, 0.5) is 0 Å². The highest BCUT2D eigenvalue weighted by atomic mass is 32.1. The monoisotopic (exact) mass is 1490 g/mol. The van der Waals surface area contributed by atoms with Gasteiger partial charge in [0.15, 0.2) is 34.9 Å². The highest BCUT2D eigenvalue weighted by Crippen LogP contribution is 2.47. The lowest BCUT2D eigenvalue weighted by Gasteiger charge is -2.13. The lowest BCUT2D eigenvalue weighted by molar-refractivity contribution is 0.595. The van der Waals surface area contributed by atoms with Gasteiger partial charge in [0.2, 0.25) is 0 Å². The van der Waals surface area contributed by atoms with Gasteiger partial charge in [0.1, 0.15) is 11.3 Å². The Labute approximate surface area is 658 Å². The van der Waals surface area contributed by atoms with Crippen molar-refractivity contribution >= 4 is 166 Å². The first-order valence-corrected chi connectivity index (χ1v) is 40.6. The molecule has 0 spiro atoms. The second kappa shape index (κ2) is 25.3. The first-order valence-electron chi connectivity index (χ1n) is 38.2. The first kappa shape index (κ1) is 63.9. The minimum atomic E-state index is 0.610. The minimum absolute atomic E-state index is 0.610. The number of hydrogen-bond donors (Lipinski definition) is 0. The second-order valence-electron chi connectivity index (χ2n) is 29.4. The number of allylic oxidation sites excluding steroid dienone is 1. The molecule has 24 rings (SSSR count). The van der Waals surface area contributed by atoms with Gasteiger partial charge in [-0.1, -0.05) is 249 Å². The van der Waals surface area contributed by atoms with Crippen molar-refractivity contribution in [2.75, 3.05) is 0 Å². The molecule has 0 unspecified atom stereocenters.